The van der Waals surface area contributed by atoms with Gasteiger partial charge in [-0.25, -0.2) is 4.39 Å². The maximum absolute atomic E-state index is 13.8. The summed E-state index contributed by atoms with van der Waals surface area (Å²) in [4.78, 5) is 16.6. The van der Waals surface area contributed by atoms with Gasteiger partial charge in [-0.05, 0) is 31.4 Å². The van der Waals surface area contributed by atoms with Crippen molar-refractivity contribution in [2.75, 3.05) is 32.7 Å². The predicted molar refractivity (Wildman–Crippen MR) is 91.4 cm³/mol. The van der Waals surface area contributed by atoms with Gasteiger partial charge in [-0.1, -0.05) is 31.4 Å². The number of carbonyl (C=O) groups is 1. The molecular weight excluding hydrogens is 307 g/mol. The Hall–Kier alpha value is -1.46. The summed E-state index contributed by atoms with van der Waals surface area (Å²) in [6.45, 7) is 3.53. The molecule has 24 heavy (non-hydrogen) atoms. The van der Waals surface area contributed by atoms with Gasteiger partial charge in [-0.2, -0.15) is 0 Å². The van der Waals surface area contributed by atoms with Gasteiger partial charge in [0.15, 0.2) is 0 Å². The minimum Gasteiger partial charge on any atom is -0.389 e. The molecule has 0 radical (unpaired) electrons. The van der Waals surface area contributed by atoms with Gasteiger partial charge < -0.3 is 10.0 Å². The molecule has 2 aliphatic rings. The zero-order chi connectivity index (χ0) is 17.0. The standard InChI is InChI=1S/C19H27FN2O2/c20-17-8-3-2-7-16(17)18(23)22-12-6-11-21(13-14-22)15-19(24)9-4-1-5-10-19/h2-3,7-8,24H,1,4-6,9-15H2. The van der Waals surface area contributed by atoms with Crippen LogP contribution in [0.15, 0.2) is 24.3 Å². The van der Waals surface area contributed by atoms with Crippen molar-refractivity contribution in [2.24, 2.45) is 0 Å². The van der Waals surface area contributed by atoms with Crippen molar-refractivity contribution in [1.29, 1.82) is 0 Å². The molecule has 1 aliphatic carbocycles. The molecule has 3 rings (SSSR count). The molecule has 0 bridgehead atoms. The van der Waals surface area contributed by atoms with Crippen LogP contribution in [-0.2, 0) is 0 Å². The van der Waals surface area contributed by atoms with Crippen LogP contribution in [0.1, 0.15) is 48.9 Å². The first-order valence-electron chi connectivity index (χ1n) is 9.06. The predicted octanol–water partition coefficient (Wildman–Crippen LogP) is 2.67. The summed E-state index contributed by atoms with van der Waals surface area (Å²) in [5.74, 6) is -0.688. The molecule has 1 aromatic carbocycles. The second-order valence-corrected chi connectivity index (χ2v) is 7.19. The highest BCUT2D eigenvalue weighted by atomic mass is 19.1. The highest BCUT2D eigenvalue weighted by Gasteiger charge is 2.32. The lowest BCUT2D eigenvalue weighted by Gasteiger charge is -2.36. The number of carbonyl (C=O) groups excluding carboxylic acids is 1. The molecule has 0 spiro atoms. The highest BCUT2D eigenvalue weighted by Crippen LogP contribution is 2.29. The van der Waals surface area contributed by atoms with Gasteiger partial charge in [0.05, 0.1) is 11.2 Å². The SMILES string of the molecule is O=C(c1ccccc1F)N1CCCN(CC2(O)CCCCC2)CC1. The van der Waals surface area contributed by atoms with Gasteiger partial charge in [0.1, 0.15) is 5.82 Å². The third-order valence-corrected chi connectivity index (χ3v) is 5.28. The molecule has 132 valence electrons. The van der Waals surface area contributed by atoms with Crippen LogP contribution in [0.25, 0.3) is 0 Å². The summed E-state index contributed by atoms with van der Waals surface area (Å²) in [6, 6.07) is 6.17. The lowest BCUT2D eigenvalue weighted by atomic mass is 9.84. The summed E-state index contributed by atoms with van der Waals surface area (Å²) in [5, 5.41) is 10.7. The van der Waals surface area contributed by atoms with Crippen molar-refractivity contribution < 1.29 is 14.3 Å². The van der Waals surface area contributed by atoms with Crippen LogP contribution in [-0.4, -0.2) is 59.1 Å². The number of aliphatic hydroxyl groups is 1. The monoisotopic (exact) mass is 334 g/mol. The summed E-state index contributed by atoms with van der Waals surface area (Å²) in [7, 11) is 0. The van der Waals surface area contributed by atoms with Gasteiger partial charge in [0, 0.05) is 32.7 Å². The van der Waals surface area contributed by atoms with E-state index in [1.54, 1.807) is 23.1 Å². The van der Waals surface area contributed by atoms with Crippen LogP contribution in [0.4, 0.5) is 4.39 Å². The van der Waals surface area contributed by atoms with Crippen molar-refractivity contribution in [3.63, 3.8) is 0 Å². The van der Waals surface area contributed by atoms with Gasteiger partial charge in [-0.15, -0.1) is 0 Å². The van der Waals surface area contributed by atoms with E-state index in [9.17, 15) is 14.3 Å². The first-order chi connectivity index (χ1) is 11.6. The van der Waals surface area contributed by atoms with E-state index in [-0.39, 0.29) is 11.5 Å². The van der Waals surface area contributed by atoms with E-state index in [1.807, 2.05) is 0 Å². The van der Waals surface area contributed by atoms with Gasteiger partial charge in [-0.3, -0.25) is 9.69 Å². The molecule has 1 amide bonds. The van der Waals surface area contributed by atoms with Crippen LogP contribution in [0.3, 0.4) is 0 Å². The van der Waals surface area contributed by atoms with E-state index < -0.39 is 11.4 Å². The van der Waals surface area contributed by atoms with Crippen LogP contribution in [0, 0.1) is 5.82 Å². The van der Waals surface area contributed by atoms with E-state index in [4.69, 9.17) is 0 Å². The normalized spacial score (nSPS) is 22.2. The van der Waals surface area contributed by atoms with Gasteiger partial charge >= 0.3 is 0 Å². The molecule has 4 nitrogen and oxygen atoms in total. The Balaban J connectivity index is 1.59. The number of β-amino-alcohol motifs (C(OH)–C–C–N with tert-alkyl or cyclic N) is 1. The summed E-state index contributed by atoms with van der Waals surface area (Å²) in [6.07, 6.45) is 6.02. The Kier molecular flexibility index (Phi) is 5.51. The molecule has 1 aromatic rings. The van der Waals surface area contributed by atoms with Gasteiger partial charge in [0.2, 0.25) is 0 Å². The molecule has 2 fully saturated rings. The lowest BCUT2D eigenvalue weighted by Crippen LogP contribution is -2.45. The smallest absolute Gasteiger partial charge is 0.256 e. The largest absolute Gasteiger partial charge is 0.389 e. The van der Waals surface area contributed by atoms with E-state index in [2.05, 4.69) is 4.90 Å². The van der Waals surface area contributed by atoms with Crippen molar-refractivity contribution in [3.05, 3.63) is 35.6 Å². The quantitative estimate of drug-likeness (QED) is 0.924. The zero-order valence-corrected chi connectivity index (χ0v) is 14.2. The second kappa shape index (κ2) is 7.62. The molecule has 5 heteroatoms. The first-order valence-corrected chi connectivity index (χ1v) is 9.06. The lowest BCUT2D eigenvalue weighted by molar-refractivity contribution is -0.0252. The molecule has 0 aromatic heterocycles. The molecule has 1 aliphatic heterocycles. The number of hydrogen-bond donors (Lipinski definition) is 1. The Morgan fingerprint density at radius 1 is 1.04 bits per heavy atom. The molecule has 1 N–H and O–H groups in total. The van der Waals surface area contributed by atoms with Crippen molar-refractivity contribution in [2.45, 2.75) is 44.1 Å². The van der Waals surface area contributed by atoms with E-state index in [0.29, 0.717) is 19.6 Å². The van der Waals surface area contributed by atoms with Crippen LogP contribution in [0.2, 0.25) is 0 Å². The number of hydrogen-bond acceptors (Lipinski definition) is 3. The average molecular weight is 334 g/mol. The Bertz CT molecular complexity index is 572. The fraction of sp³-hybridized carbons (Fsp3) is 0.632. The summed E-state index contributed by atoms with van der Waals surface area (Å²) >= 11 is 0. The van der Waals surface area contributed by atoms with Crippen LogP contribution >= 0.6 is 0 Å². The van der Waals surface area contributed by atoms with Crippen molar-refractivity contribution in [3.8, 4) is 0 Å². The van der Waals surface area contributed by atoms with E-state index >= 15 is 0 Å². The number of nitrogens with zero attached hydrogens (tertiary/aromatic N) is 2. The summed E-state index contributed by atoms with van der Waals surface area (Å²) < 4.78 is 13.8. The van der Waals surface area contributed by atoms with Crippen LogP contribution in [0.5, 0.6) is 0 Å². The maximum Gasteiger partial charge on any atom is 0.256 e. The first kappa shape index (κ1) is 17.4. The van der Waals surface area contributed by atoms with Crippen molar-refractivity contribution in [1.82, 2.24) is 9.80 Å². The number of halogens is 1. The highest BCUT2D eigenvalue weighted by molar-refractivity contribution is 5.94. The fourth-order valence-corrected chi connectivity index (χ4v) is 3.92. The van der Waals surface area contributed by atoms with Crippen LogP contribution < -0.4 is 0 Å². The molecule has 1 heterocycles. The molecule has 1 saturated carbocycles. The summed E-state index contributed by atoms with van der Waals surface area (Å²) in [5.41, 5.74) is -0.417. The number of amides is 1. The molecule has 0 atom stereocenters. The Labute approximate surface area is 143 Å². The zero-order valence-electron chi connectivity index (χ0n) is 14.2. The average Bonchev–Trinajstić information content (AvgIpc) is 2.80. The minimum atomic E-state index is -0.567. The number of rotatable bonds is 3. The second-order valence-electron chi connectivity index (χ2n) is 7.19. The molecule has 1 saturated heterocycles. The Morgan fingerprint density at radius 3 is 2.54 bits per heavy atom. The third-order valence-electron chi connectivity index (χ3n) is 5.28. The number of benzene rings is 1. The minimum absolute atomic E-state index is 0.150. The van der Waals surface area contributed by atoms with Crippen molar-refractivity contribution >= 4 is 5.91 Å². The molecular formula is C19H27FN2O2. The fourth-order valence-electron chi connectivity index (χ4n) is 3.92. The van der Waals surface area contributed by atoms with E-state index in [1.165, 1.54) is 12.5 Å². The maximum atomic E-state index is 13.8. The van der Waals surface area contributed by atoms with Gasteiger partial charge in [0.25, 0.3) is 5.91 Å². The van der Waals surface area contributed by atoms with E-state index in [0.717, 1.165) is 45.2 Å². The molecule has 0 unspecified atom stereocenters. The Morgan fingerprint density at radius 2 is 1.79 bits per heavy atom. The topological polar surface area (TPSA) is 43.8 Å². The third kappa shape index (κ3) is 4.14.